The molecule has 0 aromatic heterocycles. The molecule has 2 fully saturated rings. The number of benzene rings is 3. The van der Waals surface area contributed by atoms with Gasteiger partial charge in [0.25, 0.3) is 0 Å². The molecule has 0 aliphatic carbocycles. The van der Waals surface area contributed by atoms with Gasteiger partial charge in [-0.3, -0.25) is 4.90 Å². The van der Waals surface area contributed by atoms with E-state index in [9.17, 15) is 9.50 Å². The zero-order valence-electron chi connectivity index (χ0n) is 17.7. The second-order valence-electron chi connectivity index (χ2n) is 8.86. The van der Waals surface area contributed by atoms with Crippen molar-refractivity contribution in [2.24, 2.45) is 0 Å². The lowest BCUT2D eigenvalue weighted by molar-refractivity contribution is 0.0766. The maximum atomic E-state index is 13.3. The predicted molar refractivity (Wildman–Crippen MR) is 128 cm³/mol. The van der Waals surface area contributed by atoms with Crippen molar-refractivity contribution < 1.29 is 9.50 Å². The van der Waals surface area contributed by atoms with E-state index in [0.717, 1.165) is 44.0 Å². The Balaban J connectivity index is 1.36. The molecule has 2 aliphatic heterocycles. The van der Waals surface area contributed by atoms with Crippen molar-refractivity contribution in [1.82, 2.24) is 4.90 Å². The van der Waals surface area contributed by atoms with Crippen molar-refractivity contribution >= 4 is 24.1 Å². The molecule has 0 bridgehead atoms. The molecule has 0 spiro atoms. The summed E-state index contributed by atoms with van der Waals surface area (Å²) in [4.78, 5) is 4.81. The van der Waals surface area contributed by atoms with Gasteiger partial charge in [0.05, 0.1) is 6.10 Å². The van der Waals surface area contributed by atoms with Crippen LogP contribution in [0.2, 0.25) is 12.1 Å². The van der Waals surface area contributed by atoms with Gasteiger partial charge in [0, 0.05) is 37.9 Å². The molecule has 160 valence electrons. The summed E-state index contributed by atoms with van der Waals surface area (Å²) in [5.74, 6) is -0.195. The van der Waals surface area contributed by atoms with E-state index >= 15 is 0 Å². The highest BCUT2D eigenvalue weighted by atomic mass is 28.3. The first-order chi connectivity index (χ1) is 15.2. The van der Waals surface area contributed by atoms with E-state index in [-0.39, 0.29) is 18.0 Å². The molecule has 2 atom stereocenters. The van der Waals surface area contributed by atoms with Gasteiger partial charge in [-0.25, -0.2) is 4.39 Å². The molecule has 0 unspecified atom stereocenters. The number of anilines is 1. The van der Waals surface area contributed by atoms with Crippen LogP contribution in [0.1, 0.15) is 0 Å². The fourth-order valence-electron chi connectivity index (χ4n) is 5.56. The van der Waals surface area contributed by atoms with Crippen LogP contribution < -0.4 is 15.3 Å². The number of rotatable bonds is 4. The highest BCUT2D eigenvalue weighted by Crippen LogP contribution is 2.34. The van der Waals surface area contributed by atoms with E-state index in [2.05, 4.69) is 70.5 Å². The summed E-state index contributed by atoms with van der Waals surface area (Å²) in [6.07, 6.45) is -0.301. The summed E-state index contributed by atoms with van der Waals surface area (Å²) in [6, 6.07) is 30.7. The molecule has 31 heavy (non-hydrogen) atoms. The first-order valence-corrected chi connectivity index (χ1v) is 13.6. The molecule has 5 heteroatoms. The summed E-state index contributed by atoms with van der Waals surface area (Å²) in [6.45, 7) is 3.65. The van der Waals surface area contributed by atoms with Gasteiger partial charge in [0.15, 0.2) is 0 Å². The lowest BCUT2D eigenvalue weighted by Gasteiger charge is -2.40. The molecule has 3 aromatic carbocycles. The van der Waals surface area contributed by atoms with Crippen LogP contribution in [0.4, 0.5) is 10.1 Å². The fourth-order valence-corrected chi connectivity index (χ4v) is 10.9. The molecular weight excluding hydrogens is 403 g/mol. The minimum Gasteiger partial charge on any atom is -0.392 e. The van der Waals surface area contributed by atoms with Crippen LogP contribution in [-0.2, 0) is 0 Å². The van der Waals surface area contributed by atoms with Crippen molar-refractivity contribution in [3.63, 3.8) is 0 Å². The van der Waals surface area contributed by atoms with E-state index in [1.165, 1.54) is 22.5 Å². The Morgan fingerprint density at radius 3 is 1.81 bits per heavy atom. The number of nitrogens with zero attached hydrogens (tertiary/aromatic N) is 2. The van der Waals surface area contributed by atoms with Crippen molar-refractivity contribution in [3.8, 4) is 0 Å². The van der Waals surface area contributed by atoms with Crippen molar-refractivity contribution in [2.45, 2.75) is 24.2 Å². The van der Waals surface area contributed by atoms with Crippen molar-refractivity contribution in [1.29, 1.82) is 0 Å². The fraction of sp³-hybridized carbons (Fsp3) is 0.308. The second kappa shape index (κ2) is 8.58. The van der Waals surface area contributed by atoms with Gasteiger partial charge >= 0.3 is 0 Å². The summed E-state index contributed by atoms with van der Waals surface area (Å²) >= 11 is 0. The molecule has 2 heterocycles. The third-order valence-corrected chi connectivity index (χ3v) is 12.3. The van der Waals surface area contributed by atoms with Gasteiger partial charge in [-0.15, -0.1) is 0 Å². The minimum atomic E-state index is -2.03. The zero-order chi connectivity index (χ0) is 21.3. The van der Waals surface area contributed by atoms with Gasteiger partial charge in [-0.05, 0) is 36.4 Å². The van der Waals surface area contributed by atoms with E-state index in [1.54, 1.807) is 0 Å². The van der Waals surface area contributed by atoms with Gasteiger partial charge in [0.2, 0.25) is 0 Å². The lowest BCUT2D eigenvalue weighted by atomic mass is 10.1. The van der Waals surface area contributed by atoms with Crippen LogP contribution in [-0.4, -0.2) is 56.4 Å². The highest BCUT2D eigenvalue weighted by molar-refractivity contribution is 7.03. The van der Waals surface area contributed by atoms with E-state index in [1.807, 2.05) is 12.1 Å². The summed E-state index contributed by atoms with van der Waals surface area (Å²) < 4.78 is 13.3. The first kappa shape index (κ1) is 20.4. The molecule has 0 amide bonds. The molecule has 2 saturated heterocycles. The normalized spacial score (nSPS) is 23.7. The van der Waals surface area contributed by atoms with Gasteiger partial charge in [-0.2, -0.15) is 0 Å². The largest absolute Gasteiger partial charge is 0.392 e. The molecule has 0 radical (unpaired) electrons. The number of hydrogen-bond acceptors (Lipinski definition) is 3. The topological polar surface area (TPSA) is 26.7 Å². The van der Waals surface area contributed by atoms with Crippen molar-refractivity contribution in [3.05, 3.63) is 90.7 Å². The van der Waals surface area contributed by atoms with E-state index < -0.39 is 8.07 Å². The van der Waals surface area contributed by atoms with Gasteiger partial charge in [-0.1, -0.05) is 71.0 Å². The number of hydrogen-bond donors (Lipinski definition) is 1. The van der Waals surface area contributed by atoms with Gasteiger partial charge in [0.1, 0.15) is 13.9 Å². The number of aliphatic hydroxyl groups is 1. The highest BCUT2D eigenvalue weighted by Gasteiger charge is 2.50. The number of aliphatic hydroxyl groups excluding tert-OH is 1. The third kappa shape index (κ3) is 3.93. The molecule has 3 aromatic rings. The first-order valence-electron chi connectivity index (χ1n) is 11.2. The smallest absolute Gasteiger partial charge is 0.123 e. The van der Waals surface area contributed by atoms with Crippen LogP contribution in [0.15, 0.2) is 84.9 Å². The molecule has 3 nitrogen and oxygen atoms in total. The Bertz CT molecular complexity index is 951. The maximum absolute atomic E-state index is 13.3. The lowest BCUT2D eigenvalue weighted by Crippen LogP contribution is -2.57. The average molecular weight is 433 g/mol. The predicted octanol–water partition coefficient (Wildman–Crippen LogP) is 2.95. The van der Waals surface area contributed by atoms with Crippen LogP contribution in [0, 0.1) is 5.82 Å². The summed E-state index contributed by atoms with van der Waals surface area (Å²) in [5.41, 5.74) is 1.07. The Morgan fingerprint density at radius 1 is 0.710 bits per heavy atom. The molecule has 0 saturated carbocycles. The van der Waals surface area contributed by atoms with E-state index in [4.69, 9.17) is 0 Å². The average Bonchev–Trinajstić information content (AvgIpc) is 3.19. The third-order valence-electron chi connectivity index (χ3n) is 7.19. The van der Waals surface area contributed by atoms with E-state index in [0.29, 0.717) is 0 Å². The number of halogens is 1. The monoisotopic (exact) mass is 432 g/mol. The zero-order valence-corrected chi connectivity index (χ0v) is 18.7. The van der Waals surface area contributed by atoms with Crippen molar-refractivity contribution in [2.75, 3.05) is 31.1 Å². The second-order valence-corrected chi connectivity index (χ2v) is 13.0. The van der Waals surface area contributed by atoms with Gasteiger partial charge < -0.3 is 10.0 Å². The number of piperazine rings is 1. The quantitative estimate of drug-likeness (QED) is 0.642. The van der Waals surface area contributed by atoms with Crippen LogP contribution in [0.25, 0.3) is 0 Å². The van der Waals surface area contributed by atoms with Crippen LogP contribution in [0.3, 0.4) is 0 Å². The molecule has 2 aliphatic rings. The SMILES string of the molecule is O[C@@H]1C[Si](c2ccccc2)(c2ccccc2)C[C@H]1N1CCN(c2ccc(F)cc2)CC1. The molecule has 1 N–H and O–H groups in total. The Morgan fingerprint density at radius 2 is 1.26 bits per heavy atom. The Kier molecular flexibility index (Phi) is 5.65. The Hall–Kier alpha value is -2.47. The maximum Gasteiger partial charge on any atom is 0.123 e. The van der Waals surface area contributed by atoms with Crippen LogP contribution >= 0.6 is 0 Å². The summed E-state index contributed by atoms with van der Waals surface area (Å²) in [5, 5.41) is 14.1. The molecular formula is C26H29FN2OSi. The molecule has 5 rings (SSSR count). The van der Waals surface area contributed by atoms with Crippen LogP contribution in [0.5, 0.6) is 0 Å². The Labute approximate surface area is 184 Å². The minimum absolute atomic E-state index is 0.195. The standard InChI is InChI=1S/C26H29FN2OSi/c27-21-11-13-22(14-12-21)28-15-17-29(18-16-28)25-19-31(20-26(25)30,23-7-3-1-4-8-23)24-9-5-2-6-10-24/h1-14,25-26,30H,15-20H2/t25-,26-/m1/s1. The summed E-state index contributed by atoms with van der Waals surface area (Å²) in [7, 11) is -2.03.